The van der Waals surface area contributed by atoms with E-state index in [0.29, 0.717) is 12.1 Å². The zero-order chi connectivity index (χ0) is 14.0. The van der Waals surface area contributed by atoms with Gasteiger partial charge in [-0.1, -0.05) is 12.1 Å². The summed E-state index contributed by atoms with van der Waals surface area (Å²) in [5, 5.41) is 18.2. The minimum absolute atomic E-state index is 0.144. The maximum atomic E-state index is 13.0. The molecule has 0 spiro atoms. The second-order valence-corrected chi connectivity index (χ2v) is 4.38. The average molecular weight is 285 g/mol. The van der Waals surface area contributed by atoms with Crippen LogP contribution in [0.5, 0.6) is 0 Å². The van der Waals surface area contributed by atoms with Crippen LogP contribution in [0.1, 0.15) is 24.4 Å². The molecule has 0 fully saturated rings. The molecule has 0 N–H and O–H groups in total. The Labute approximate surface area is 113 Å². The van der Waals surface area contributed by atoms with E-state index in [9.17, 15) is 14.5 Å². The van der Waals surface area contributed by atoms with Crippen LogP contribution in [-0.2, 0) is 0 Å². The first-order chi connectivity index (χ1) is 9.02. The van der Waals surface area contributed by atoms with Gasteiger partial charge in [-0.05, 0) is 18.6 Å². The summed E-state index contributed by atoms with van der Waals surface area (Å²) in [6, 6.07) is 3.25. The fraction of sp³-hybridized carbons (Fsp3) is 0.273. The monoisotopic (exact) mass is 284 g/mol. The highest BCUT2D eigenvalue weighted by atomic mass is 35.5. The van der Waals surface area contributed by atoms with Crippen molar-refractivity contribution in [1.82, 2.24) is 15.0 Å². The van der Waals surface area contributed by atoms with E-state index in [1.807, 2.05) is 6.92 Å². The van der Waals surface area contributed by atoms with E-state index in [-0.39, 0.29) is 16.8 Å². The number of alkyl halides is 1. The molecular formula is C11H10ClFN4O2. The van der Waals surface area contributed by atoms with Gasteiger partial charge in [-0.2, -0.15) is 0 Å². The van der Waals surface area contributed by atoms with Crippen LogP contribution in [0, 0.1) is 15.9 Å². The molecule has 100 valence electrons. The van der Waals surface area contributed by atoms with Crippen LogP contribution in [-0.4, -0.2) is 19.9 Å². The molecule has 0 saturated heterocycles. The van der Waals surface area contributed by atoms with E-state index in [0.717, 1.165) is 12.1 Å². The second kappa shape index (κ2) is 5.31. The Kier molecular flexibility index (Phi) is 3.75. The van der Waals surface area contributed by atoms with E-state index < -0.39 is 10.7 Å². The minimum Gasteiger partial charge on any atom is -0.258 e. The summed E-state index contributed by atoms with van der Waals surface area (Å²) >= 11 is 6.01. The Balaban J connectivity index is 2.47. The van der Waals surface area contributed by atoms with Crippen LogP contribution >= 0.6 is 11.6 Å². The van der Waals surface area contributed by atoms with Gasteiger partial charge >= 0.3 is 0 Å². The van der Waals surface area contributed by atoms with Gasteiger partial charge in [0.2, 0.25) is 0 Å². The van der Waals surface area contributed by atoms with Crippen LogP contribution in [0.2, 0.25) is 0 Å². The Hall–Kier alpha value is -2.02. The molecule has 1 aromatic heterocycles. The standard InChI is InChI=1S/C11H10ClFN4O2/c1-2-8(12)9-6-16(15-14-9)10-4-3-7(13)5-11(10)17(18)19/h3-6,8H,2H2,1H3. The zero-order valence-electron chi connectivity index (χ0n) is 9.96. The van der Waals surface area contributed by atoms with Crippen molar-refractivity contribution in [3.8, 4) is 5.69 Å². The third-order valence-corrected chi connectivity index (χ3v) is 3.10. The van der Waals surface area contributed by atoms with Gasteiger partial charge in [0.25, 0.3) is 5.69 Å². The van der Waals surface area contributed by atoms with Gasteiger partial charge in [0.15, 0.2) is 0 Å². The lowest BCUT2D eigenvalue weighted by molar-refractivity contribution is -0.384. The highest BCUT2D eigenvalue weighted by Gasteiger charge is 2.19. The molecule has 1 heterocycles. The van der Waals surface area contributed by atoms with Gasteiger partial charge in [-0.15, -0.1) is 16.7 Å². The highest BCUT2D eigenvalue weighted by molar-refractivity contribution is 6.20. The Bertz CT molecular complexity index is 616. The molecular weight excluding hydrogens is 275 g/mol. The van der Waals surface area contributed by atoms with E-state index in [4.69, 9.17) is 11.6 Å². The topological polar surface area (TPSA) is 73.8 Å². The fourth-order valence-corrected chi connectivity index (χ4v) is 1.68. The maximum Gasteiger partial charge on any atom is 0.297 e. The van der Waals surface area contributed by atoms with Crippen molar-refractivity contribution in [2.75, 3.05) is 0 Å². The molecule has 0 bridgehead atoms. The van der Waals surface area contributed by atoms with Crippen LogP contribution in [0.4, 0.5) is 10.1 Å². The average Bonchev–Trinajstić information content (AvgIpc) is 2.87. The SMILES string of the molecule is CCC(Cl)c1cn(-c2ccc(F)cc2[N+](=O)[O-])nn1. The summed E-state index contributed by atoms with van der Waals surface area (Å²) in [4.78, 5) is 10.2. The first-order valence-corrected chi connectivity index (χ1v) is 5.97. The van der Waals surface area contributed by atoms with E-state index >= 15 is 0 Å². The van der Waals surface area contributed by atoms with Crippen LogP contribution in [0.3, 0.4) is 0 Å². The van der Waals surface area contributed by atoms with E-state index in [1.54, 1.807) is 0 Å². The maximum absolute atomic E-state index is 13.0. The van der Waals surface area contributed by atoms with Gasteiger partial charge in [-0.25, -0.2) is 9.07 Å². The van der Waals surface area contributed by atoms with Crippen molar-refractivity contribution in [3.05, 3.63) is 46.0 Å². The van der Waals surface area contributed by atoms with Gasteiger partial charge in [0, 0.05) is 0 Å². The fourth-order valence-electron chi connectivity index (χ4n) is 1.58. The highest BCUT2D eigenvalue weighted by Crippen LogP contribution is 2.26. The summed E-state index contributed by atoms with van der Waals surface area (Å²) in [7, 11) is 0. The van der Waals surface area contributed by atoms with E-state index in [2.05, 4.69) is 10.3 Å². The van der Waals surface area contributed by atoms with Gasteiger partial charge in [-0.3, -0.25) is 10.1 Å². The zero-order valence-corrected chi connectivity index (χ0v) is 10.7. The lowest BCUT2D eigenvalue weighted by Gasteiger charge is -2.02. The van der Waals surface area contributed by atoms with Crippen molar-refractivity contribution in [2.24, 2.45) is 0 Å². The molecule has 0 radical (unpaired) electrons. The molecule has 2 aromatic rings. The molecule has 2 rings (SSSR count). The predicted octanol–water partition coefficient (Wildman–Crippen LogP) is 3.00. The van der Waals surface area contributed by atoms with Crippen molar-refractivity contribution in [3.63, 3.8) is 0 Å². The number of aromatic nitrogens is 3. The third-order valence-electron chi connectivity index (χ3n) is 2.57. The molecule has 0 saturated carbocycles. The molecule has 6 nitrogen and oxygen atoms in total. The molecule has 19 heavy (non-hydrogen) atoms. The van der Waals surface area contributed by atoms with Crippen LogP contribution in [0.25, 0.3) is 5.69 Å². The summed E-state index contributed by atoms with van der Waals surface area (Å²) in [6.07, 6.45) is 2.16. The van der Waals surface area contributed by atoms with Crippen molar-refractivity contribution < 1.29 is 9.31 Å². The lowest BCUT2D eigenvalue weighted by Crippen LogP contribution is -2.01. The summed E-state index contributed by atoms with van der Waals surface area (Å²) < 4.78 is 14.3. The molecule has 0 aliphatic heterocycles. The Morgan fingerprint density at radius 1 is 1.58 bits per heavy atom. The molecule has 8 heteroatoms. The first-order valence-electron chi connectivity index (χ1n) is 5.53. The number of halogens is 2. The molecule has 0 aliphatic rings. The van der Waals surface area contributed by atoms with Crippen molar-refractivity contribution >= 4 is 17.3 Å². The molecule has 1 unspecified atom stereocenters. The quantitative estimate of drug-likeness (QED) is 0.491. The number of rotatable bonds is 4. The lowest BCUT2D eigenvalue weighted by atomic mass is 10.2. The summed E-state index contributed by atoms with van der Waals surface area (Å²) in [5.41, 5.74) is 0.284. The Morgan fingerprint density at radius 3 is 2.95 bits per heavy atom. The molecule has 1 atom stereocenters. The largest absolute Gasteiger partial charge is 0.297 e. The summed E-state index contributed by atoms with van der Waals surface area (Å²) in [6.45, 7) is 1.89. The Morgan fingerprint density at radius 2 is 2.32 bits per heavy atom. The van der Waals surface area contributed by atoms with Crippen LogP contribution < -0.4 is 0 Å². The number of benzene rings is 1. The smallest absolute Gasteiger partial charge is 0.258 e. The van der Waals surface area contributed by atoms with Gasteiger partial charge < -0.3 is 0 Å². The number of nitrogens with zero attached hydrogens (tertiary/aromatic N) is 4. The van der Waals surface area contributed by atoms with Crippen LogP contribution in [0.15, 0.2) is 24.4 Å². The number of hydrogen-bond acceptors (Lipinski definition) is 4. The van der Waals surface area contributed by atoms with E-state index in [1.165, 1.54) is 16.9 Å². The van der Waals surface area contributed by atoms with Gasteiger partial charge in [0.05, 0.1) is 22.6 Å². The molecule has 0 aliphatic carbocycles. The molecule has 1 aromatic carbocycles. The van der Waals surface area contributed by atoms with Crippen molar-refractivity contribution in [2.45, 2.75) is 18.7 Å². The number of nitro benzene ring substituents is 1. The van der Waals surface area contributed by atoms with Crippen molar-refractivity contribution in [1.29, 1.82) is 0 Å². The minimum atomic E-state index is -0.681. The van der Waals surface area contributed by atoms with Gasteiger partial charge in [0.1, 0.15) is 17.2 Å². The molecule has 0 amide bonds. The summed E-state index contributed by atoms with van der Waals surface area (Å²) in [5.74, 6) is -0.681. The normalized spacial score (nSPS) is 12.4. The predicted molar refractivity (Wildman–Crippen MR) is 66.9 cm³/mol. The number of hydrogen-bond donors (Lipinski definition) is 0. The first kappa shape index (κ1) is 13.4. The number of nitro groups is 1. The second-order valence-electron chi connectivity index (χ2n) is 3.85. The third kappa shape index (κ3) is 2.70.